The first-order valence-electron chi connectivity index (χ1n) is 11.0. The molecule has 33 heavy (non-hydrogen) atoms. The van der Waals surface area contributed by atoms with Crippen molar-refractivity contribution in [2.75, 3.05) is 41.0 Å². The molecule has 1 aliphatic rings. The molecule has 176 valence electrons. The van der Waals surface area contributed by atoms with E-state index in [1.807, 2.05) is 42.5 Å². The fourth-order valence-electron chi connectivity index (χ4n) is 3.83. The Morgan fingerprint density at radius 1 is 1.09 bits per heavy atom. The Labute approximate surface area is 194 Å². The molecule has 0 N–H and O–H groups in total. The Kier molecular flexibility index (Phi) is 8.43. The SMILES string of the molecule is CCC(=O)N(CCOC)CC(=O)N1N=C(c2ccc(OC)cc2OC)C[C@H]1c1ccccc1. The molecule has 8 nitrogen and oxygen atoms in total. The molecular weight excluding hydrogens is 422 g/mol. The average molecular weight is 454 g/mol. The molecule has 0 spiro atoms. The number of hydrogen-bond donors (Lipinski definition) is 0. The second-order valence-corrected chi connectivity index (χ2v) is 7.64. The van der Waals surface area contributed by atoms with Crippen molar-refractivity contribution in [3.8, 4) is 11.5 Å². The molecule has 0 unspecified atom stereocenters. The van der Waals surface area contributed by atoms with Crippen LogP contribution in [0.1, 0.15) is 36.9 Å². The van der Waals surface area contributed by atoms with Crippen molar-refractivity contribution < 1.29 is 23.8 Å². The minimum absolute atomic E-state index is 0.0596. The largest absolute Gasteiger partial charge is 0.497 e. The van der Waals surface area contributed by atoms with Crippen molar-refractivity contribution in [2.45, 2.75) is 25.8 Å². The van der Waals surface area contributed by atoms with E-state index in [4.69, 9.17) is 19.3 Å². The van der Waals surface area contributed by atoms with Gasteiger partial charge in [-0.05, 0) is 17.7 Å². The third kappa shape index (κ3) is 5.70. The smallest absolute Gasteiger partial charge is 0.262 e. The monoisotopic (exact) mass is 453 g/mol. The lowest BCUT2D eigenvalue weighted by Crippen LogP contribution is -2.42. The van der Waals surface area contributed by atoms with Crippen molar-refractivity contribution in [3.63, 3.8) is 0 Å². The summed E-state index contributed by atoms with van der Waals surface area (Å²) in [4.78, 5) is 27.3. The average Bonchev–Trinajstić information content (AvgIpc) is 3.31. The molecule has 0 fully saturated rings. The zero-order valence-electron chi connectivity index (χ0n) is 19.6. The number of hydrazone groups is 1. The van der Waals surface area contributed by atoms with Crippen LogP contribution >= 0.6 is 0 Å². The molecule has 3 rings (SSSR count). The summed E-state index contributed by atoms with van der Waals surface area (Å²) in [5, 5.41) is 6.21. The number of carbonyl (C=O) groups is 2. The summed E-state index contributed by atoms with van der Waals surface area (Å²) in [6.07, 6.45) is 0.842. The van der Waals surface area contributed by atoms with Gasteiger partial charge in [-0.15, -0.1) is 0 Å². The van der Waals surface area contributed by atoms with Crippen molar-refractivity contribution in [1.82, 2.24) is 9.91 Å². The number of ether oxygens (including phenoxy) is 3. The fourth-order valence-corrected chi connectivity index (χ4v) is 3.83. The maximum absolute atomic E-state index is 13.4. The van der Waals surface area contributed by atoms with E-state index in [1.54, 1.807) is 34.3 Å². The second-order valence-electron chi connectivity index (χ2n) is 7.64. The molecule has 1 atom stereocenters. The van der Waals surface area contributed by atoms with E-state index in [0.29, 0.717) is 37.5 Å². The third-order valence-electron chi connectivity index (χ3n) is 5.62. The van der Waals surface area contributed by atoms with E-state index in [9.17, 15) is 9.59 Å². The summed E-state index contributed by atoms with van der Waals surface area (Å²) in [6, 6.07) is 15.0. The summed E-state index contributed by atoms with van der Waals surface area (Å²) in [7, 11) is 4.76. The minimum Gasteiger partial charge on any atom is -0.497 e. The maximum Gasteiger partial charge on any atom is 0.262 e. The van der Waals surface area contributed by atoms with Gasteiger partial charge in [0.05, 0.1) is 32.6 Å². The standard InChI is InChI=1S/C25H31N3O5/c1-5-24(29)27(13-14-31-2)17-25(30)28-22(18-9-7-6-8-10-18)16-21(26-28)20-12-11-19(32-3)15-23(20)33-4/h6-12,15,22H,5,13-14,16-17H2,1-4H3/t22-/m0/s1. The molecule has 8 heteroatoms. The first kappa shape index (κ1) is 24.3. The number of methoxy groups -OCH3 is 3. The van der Waals surface area contributed by atoms with Gasteiger partial charge < -0.3 is 19.1 Å². The molecular formula is C25H31N3O5. The van der Waals surface area contributed by atoms with E-state index in [2.05, 4.69) is 0 Å². The van der Waals surface area contributed by atoms with E-state index < -0.39 is 0 Å². The lowest BCUT2D eigenvalue weighted by atomic mass is 9.98. The summed E-state index contributed by atoms with van der Waals surface area (Å²) in [6.45, 7) is 2.43. The summed E-state index contributed by atoms with van der Waals surface area (Å²) >= 11 is 0. The van der Waals surface area contributed by atoms with Gasteiger partial charge in [0.1, 0.15) is 18.0 Å². The molecule has 0 bridgehead atoms. The number of amides is 2. The van der Waals surface area contributed by atoms with Crippen LogP contribution in [0.5, 0.6) is 11.5 Å². The lowest BCUT2D eigenvalue weighted by Gasteiger charge is -2.26. The van der Waals surface area contributed by atoms with Crippen molar-refractivity contribution >= 4 is 17.5 Å². The second kappa shape index (κ2) is 11.5. The van der Waals surface area contributed by atoms with Gasteiger partial charge in [0, 0.05) is 38.1 Å². The van der Waals surface area contributed by atoms with Crippen LogP contribution in [0.3, 0.4) is 0 Å². The molecule has 2 aromatic carbocycles. The summed E-state index contributed by atoms with van der Waals surface area (Å²) < 4.78 is 16.0. The van der Waals surface area contributed by atoms with Crippen LogP contribution in [0.2, 0.25) is 0 Å². The summed E-state index contributed by atoms with van der Waals surface area (Å²) in [5.74, 6) is 0.951. The molecule has 0 saturated heterocycles. The van der Waals surface area contributed by atoms with Gasteiger partial charge in [-0.2, -0.15) is 5.10 Å². The molecule has 0 aliphatic carbocycles. The number of nitrogens with zero attached hydrogens (tertiary/aromatic N) is 3. The Morgan fingerprint density at radius 2 is 1.85 bits per heavy atom. The Morgan fingerprint density at radius 3 is 2.48 bits per heavy atom. The third-order valence-corrected chi connectivity index (χ3v) is 5.62. The number of rotatable bonds is 10. The number of benzene rings is 2. The predicted octanol–water partition coefficient (Wildman–Crippen LogP) is 3.27. The van der Waals surface area contributed by atoms with E-state index in [-0.39, 0.29) is 24.4 Å². The normalized spacial score (nSPS) is 15.2. The highest BCUT2D eigenvalue weighted by atomic mass is 16.5. The number of carbonyl (C=O) groups excluding carboxylic acids is 2. The first-order chi connectivity index (χ1) is 16.0. The van der Waals surface area contributed by atoms with Gasteiger partial charge in [-0.3, -0.25) is 9.59 Å². The van der Waals surface area contributed by atoms with Gasteiger partial charge in [0.15, 0.2) is 0 Å². The van der Waals surface area contributed by atoms with Crippen molar-refractivity contribution in [2.24, 2.45) is 5.10 Å². The minimum atomic E-state index is -0.276. The lowest BCUT2D eigenvalue weighted by molar-refractivity contribution is -0.141. The highest BCUT2D eigenvalue weighted by molar-refractivity contribution is 6.05. The Balaban J connectivity index is 1.94. The van der Waals surface area contributed by atoms with Gasteiger partial charge in [0.25, 0.3) is 5.91 Å². The molecule has 2 aromatic rings. The molecule has 2 amide bonds. The Hall–Kier alpha value is -3.39. The summed E-state index contributed by atoms with van der Waals surface area (Å²) in [5.41, 5.74) is 2.51. The van der Waals surface area contributed by atoms with Crippen LogP contribution in [0, 0.1) is 0 Å². The zero-order chi connectivity index (χ0) is 23.8. The van der Waals surface area contributed by atoms with Crippen LogP contribution in [-0.2, 0) is 14.3 Å². The van der Waals surface area contributed by atoms with E-state index in [1.165, 1.54) is 9.91 Å². The number of hydrogen-bond acceptors (Lipinski definition) is 6. The van der Waals surface area contributed by atoms with Crippen molar-refractivity contribution in [1.29, 1.82) is 0 Å². The molecule has 0 aromatic heterocycles. The topological polar surface area (TPSA) is 80.7 Å². The molecule has 1 aliphatic heterocycles. The van der Waals surface area contributed by atoms with Gasteiger partial charge >= 0.3 is 0 Å². The van der Waals surface area contributed by atoms with Gasteiger partial charge in [0.2, 0.25) is 5.91 Å². The Bertz CT molecular complexity index is 993. The quantitative estimate of drug-likeness (QED) is 0.552. The van der Waals surface area contributed by atoms with E-state index >= 15 is 0 Å². The molecule has 0 radical (unpaired) electrons. The highest BCUT2D eigenvalue weighted by Gasteiger charge is 2.35. The van der Waals surface area contributed by atoms with Crippen LogP contribution in [0.25, 0.3) is 0 Å². The molecule has 0 saturated carbocycles. The van der Waals surface area contributed by atoms with Crippen LogP contribution in [-0.4, -0.2) is 68.5 Å². The van der Waals surface area contributed by atoms with Crippen LogP contribution in [0.4, 0.5) is 0 Å². The van der Waals surface area contributed by atoms with Crippen molar-refractivity contribution in [3.05, 3.63) is 59.7 Å². The first-order valence-corrected chi connectivity index (χ1v) is 11.0. The van der Waals surface area contributed by atoms with Crippen LogP contribution < -0.4 is 9.47 Å². The van der Waals surface area contributed by atoms with E-state index in [0.717, 1.165) is 16.8 Å². The highest BCUT2D eigenvalue weighted by Crippen LogP contribution is 2.36. The van der Waals surface area contributed by atoms with Gasteiger partial charge in [-0.25, -0.2) is 5.01 Å². The molecule has 1 heterocycles. The maximum atomic E-state index is 13.4. The van der Waals surface area contributed by atoms with Gasteiger partial charge in [-0.1, -0.05) is 37.3 Å². The fraction of sp³-hybridized carbons (Fsp3) is 0.400. The van der Waals surface area contributed by atoms with Crippen LogP contribution in [0.15, 0.2) is 53.6 Å². The zero-order valence-corrected chi connectivity index (χ0v) is 19.6. The predicted molar refractivity (Wildman–Crippen MR) is 125 cm³/mol.